The largest absolute Gasteiger partial charge is 0.444 e. The minimum absolute atomic E-state index is 0.102. The van der Waals surface area contributed by atoms with Crippen molar-refractivity contribution >= 4 is 12.4 Å². The van der Waals surface area contributed by atoms with Crippen molar-refractivity contribution in [3.63, 3.8) is 0 Å². The van der Waals surface area contributed by atoms with E-state index in [2.05, 4.69) is 13.8 Å². The number of amides is 1. The standard InChI is InChI=1S/C15H29NO3/c1-11(2)10-16(13(8-9-17)12(3)4)14(18)19-15(5,6)7/h9,11-13H,8,10H2,1-7H3. The Hall–Kier alpha value is -1.06. The second-order valence-corrected chi connectivity index (χ2v) is 6.74. The van der Waals surface area contributed by atoms with Gasteiger partial charge >= 0.3 is 6.09 Å². The van der Waals surface area contributed by atoms with E-state index in [1.54, 1.807) is 4.90 Å². The number of nitrogens with zero attached hydrogens (tertiary/aromatic N) is 1. The summed E-state index contributed by atoms with van der Waals surface area (Å²) in [6, 6.07) is -0.102. The number of hydrogen-bond acceptors (Lipinski definition) is 3. The average Bonchev–Trinajstić information content (AvgIpc) is 2.19. The maximum atomic E-state index is 12.3. The Kier molecular flexibility index (Phi) is 7.09. The molecule has 0 aliphatic carbocycles. The normalized spacial score (nSPS) is 13.5. The zero-order valence-electron chi connectivity index (χ0n) is 13.4. The van der Waals surface area contributed by atoms with E-state index >= 15 is 0 Å². The molecule has 4 nitrogen and oxygen atoms in total. The van der Waals surface area contributed by atoms with Gasteiger partial charge in [0.2, 0.25) is 0 Å². The van der Waals surface area contributed by atoms with Crippen molar-refractivity contribution in [3.05, 3.63) is 0 Å². The maximum absolute atomic E-state index is 12.3. The van der Waals surface area contributed by atoms with E-state index < -0.39 is 5.60 Å². The van der Waals surface area contributed by atoms with Crippen LogP contribution in [0.3, 0.4) is 0 Å². The highest BCUT2D eigenvalue weighted by Crippen LogP contribution is 2.19. The third kappa shape index (κ3) is 7.19. The Balaban J connectivity index is 5.05. The molecule has 0 spiro atoms. The summed E-state index contributed by atoms with van der Waals surface area (Å²) in [5, 5.41) is 0. The van der Waals surface area contributed by atoms with Crippen LogP contribution in [0.15, 0.2) is 0 Å². The van der Waals surface area contributed by atoms with Gasteiger partial charge < -0.3 is 14.4 Å². The molecule has 112 valence electrons. The summed E-state index contributed by atoms with van der Waals surface area (Å²) in [4.78, 5) is 24.8. The van der Waals surface area contributed by atoms with Gasteiger partial charge in [-0.3, -0.25) is 0 Å². The molecule has 0 saturated heterocycles. The summed E-state index contributed by atoms with van der Waals surface area (Å²) in [6.07, 6.45) is 0.896. The van der Waals surface area contributed by atoms with Crippen LogP contribution in [-0.2, 0) is 9.53 Å². The predicted octanol–water partition coefficient (Wildman–Crippen LogP) is 3.49. The van der Waals surface area contributed by atoms with Gasteiger partial charge in [0.1, 0.15) is 11.9 Å². The number of rotatable bonds is 6. The summed E-state index contributed by atoms with van der Waals surface area (Å²) < 4.78 is 5.45. The molecule has 1 unspecified atom stereocenters. The van der Waals surface area contributed by atoms with E-state index in [1.807, 2.05) is 34.6 Å². The van der Waals surface area contributed by atoms with Crippen LogP contribution in [0.1, 0.15) is 54.9 Å². The lowest BCUT2D eigenvalue weighted by Crippen LogP contribution is -2.47. The van der Waals surface area contributed by atoms with Gasteiger partial charge in [-0.2, -0.15) is 0 Å². The van der Waals surface area contributed by atoms with Gasteiger partial charge in [-0.25, -0.2) is 4.79 Å². The van der Waals surface area contributed by atoms with Crippen molar-refractivity contribution in [1.29, 1.82) is 0 Å². The lowest BCUT2D eigenvalue weighted by atomic mass is 9.99. The monoisotopic (exact) mass is 271 g/mol. The van der Waals surface area contributed by atoms with Crippen LogP contribution < -0.4 is 0 Å². The summed E-state index contributed by atoms with van der Waals surface area (Å²) in [7, 11) is 0. The molecule has 0 rings (SSSR count). The fourth-order valence-corrected chi connectivity index (χ4v) is 1.92. The van der Waals surface area contributed by atoms with Gasteiger partial charge in [0.15, 0.2) is 0 Å². The highest BCUT2D eigenvalue weighted by Gasteiger charge is 2.30. The molecule has 0 aromatic rings. The van der Waals surface area contributed by atoms with E-state index in [0.29, 0.717) is 18.9 Å². The molecule has 0 aliphatic heterocycles. The molecule has 0 fully saturated rings. The number of ether oxygens (including phenoxy) is 1. The first-order valence-electron chi connectivity index (χ1n) is 7.01. The van der Waals surface area contributed by atoms with Crippen LogP contribution in [0.2, 0.25) is 0 Å². The molecular formula is C15H29NO3. The quantitative estimate of drug-likeness (QED) is 0.695. The minimum Gasteiger partial charge on any atom is -0.444 e. The smallest absolute Gasteiger partial charge is 0.410 e. The number of hydrogen-bond donors (Lipinski definition) is 0. The molecule has 4 heteroatoms. The van der Waals surface area contributed by atoms with Crippen molar-refractivity contribution in [2.75, 3.05) is 6.54 Å². The van der Waals surface area contributed by atoms with Gasteiger partial charge in [0, 0.05) is 19.0 Å². The first kappa shape index (κ1) is 17.9. The number of carbonyl (C=O) groups excluding carboxylic acids is 2. The molecule has 0 N–H and O–H groups in total. The van der Waals surface area contributed by atoms with E-state index in [4.69, 9.17) is 4.74 Å². The number of aldehydes is 1. The van der Waals surface area contributed by atoms with Crippen LogP contribution >= 0.6 is 0 Å². The highest BCUT2D eigenvalue weighted by atomic mass is 16.6. The first-order chi connectivity index (χ1) is 8.58. The molecule has 0 saturated carbocycles. The molecule has 0 aromatic carbocycles. The van der Waals surface area contributed by atoms with Gasteiger partial charge in [0.05, 0.1) is 0 Å². The fraction of sp³-hybridized carbons (Fsp3) is 0.867. The Morgan fingerprint density at radius 3 is 2.05 bits per heavy atom. The number of carbonyl (C=O) groups is 2. The molecule has 0 aliphatic rings. The summed E-state index contributed by atoms with van der Waals surface area (Å²) in [5.41, 5.74) is -0.519. The molecule has 1 atom stereocenters. The van der Waals surface area contributed by atoms with Crippen LogP contribution in [-0.4, -0.2) is 35.5 Å². The van der Waals surface area contributed by atoms with Gasteiger partial charge in [0.25, 0.3) is 0 Å². The molecule has 0 heterocycles. The van der Waals surface area contributed by atoms with Gasteiger partial charge in [-0.05, 0) is 32.6 Å². The summed E-state index contributed by atoms with van der Waals surface area (Å²) >= 11 is 0. The zero-order valence-corrected chi connectivity index (χ0v) is 13.4. The van der Waals surface area contributed by atoms with Crippen molar-refractivity contribution in [1.82, 2.24) is 4.90 Å². The summed E-state index contributed by atoms with van der Waals surface area (Å²) in [6.45, 7) is 14.3. The lowest BCUT2D eigenvalue weighted by Gasteiger charge is -2.36. The Labute approximate surface area is 117 Å². The highest BCUT2D eigenvalue weighted by molar-refractivity contribution is 5.69. The van der Waals surface area contributed by atoms with Crippen LogP contribution in [0.4, 0.5) is 4.79 Å². The summed E-state index contributed by atoms with van der Waals surface area (Å²) in [5.74, 6) is 0.553. The second-order valence-electron chi connectivity index (χ2n) is 6.74. The van der Waals surface area contributed by atoms with E-state index in [-0.39, 0.29) is 18.1 Å². The van der Waals surface area contributed by atoms with E-state index in [0.717, 1.165) is 6.29 Å². The second kappa shape index (κ2) is 7.51. The third-order valence-corrected chi connectivity index (χ3v) is 2.70. The topological polar surface area (TPSA) is 46.6 Å². The van der Waals surface area contributed by atoms with Gasteiger partial charge in [-0.15, -0.1) is 0 Å². The van der Waals surface area contributed by atoms with E-state index in [1.165, 1.54) is 0 Å². The first-order valence-corrected chi connectivity index (χ1v) is 7.01. The van der Waals surface area contributed by atoms with Crippen LogP contribution in [0.25, 0.3) is 0 Å². The minimum atomic E-state index is -0.519. The van der Waals surface area contributed by atoms with Crippen molar-refractivity contribution in [2.45, 2.75) is 66.5 Å². The molecular weight excluding hydrogens is 242 g/mol. The fourth-order valence-electron chi connectivity index (χ4n) is 1.92. The molecule has 0 radical (unpaired) electrons. The Bertz CT molecular complexity index is 292. The average molecular weight is 271 g/mol. The van der Waals surface area contributed by atoms with Crippen LogP contribution in [0.5, 0.6) is 0 Å². The van der Waals surface area contributed by atoms with E-state index in [9.17, 15) is 9.59 Å². The Morgan fingerprint density at radius 1 is 1.21 bits per heavy atom. The third-order valence-electron chi connectivity index (χ3n) is 2.70. The maximum Gasteiger partial charge on any atom is 0.410 e. The zero-order chi connectivity index (χ0) is 15.2. The molecule has 0 bridgehead atoms. The predicted molar refractivity (Wildman–Crippen MR) is 77.1 cm³/mol. The molecule has 1 amide bonds. The van der Waals surface area contributed by atoms with Crippen molar-refractivity contribution in [2.24, 2.45) is 11.8 Å². The lowest BCUT2D eigenvalue weighted by molar-refractivity contribution is -0.109. The molecule has 19 heavy (non-hydrogen) atoms. The Morgan fingerprint density at radius 2 is 1.74 bits per heavy atom. The van der Waals surface area contributed by atoms with Gasteiger partial charge in [-0.1, -0.05) is 27.7 Å². The van der Waals surface area contributed by atoms with Crippen molar-refractivity contribution in [3.8, 4) is 0 Å². The van der Waals surface area contributed by atoms with Crippen molar-refractivity contribution < 1.29 is 14.3 Å². The SMILES string of the molecule is CC(C)CN(C(=O)OC(C)(C)C)C(CC=O)C(C)C. The van der Waals surface area contributed by atoms with Crippen LogP contribution in [0, 0.1) is 11.8 Å². The molecule has 0 aromatic heterocycles.